The number of Topliss-reactive ketones (excluding diaryl/α,β-unsaturated/α-hetero) is 3. The molecule has 43 heavy (non-hydrogen) atoms. The van der Waals surface area contributed by atoms with E-state index in [2.05, 4.69) is 4.99 Å². The lowest BCUT2D eigenvalue weighted by atomic mass is 9.58. The quantitative estimate of drug-likeness (QED) is 0.0293. The molecule has 0 aromatic carbocycles. The van der Waals surface area contributed by atoms with Crippen LogP contribution in [0.2, 0.25) is 0 Å². The average molecular weight is 614 g/mol. The molecule has 0 saturated carbocycles. The number of ketones is 3. The van der Waals surface area contributed by atoms with Crippen LogP contribution in [-0.2, 0) is 28.8 Å². The van der Waals surface area contributed by atoms with Crippen molar-refractivity contribution >= 4 is 41.2 Å². The third kappa shape index (κ3) is 7.72. The number of rotatable bonds is 19. The monoisotopic (exact) mass is 613 g/mol. The highest BCUT2D eigenvalue weighted by Crippen LogP contribution is 2.51. The molecule has 1 amide bonds. The van der Waals surface area contributed by atoms with E-state index in [-0.39, 0.29) is 38.3 Å². The summed E-state index contributed by atoms with van der Waals surface area (Å²) < 4.78 is 0. The van der Waals surface area contributed by atoms with Gasteiger partial charge in [-0.2, -0.15) is 0 Å². The summed E-state index contributed by atoms with van der Waals surface area (Å²) in [6, 6.07) is -6.40. The number of unbranched alkanes of at least 4 members (excludes halogenated alkanes) is 1. The van der Waals surface area contributed by atoms with Crippen LogP contribution in [0.5, 0.6) is 0 Å². The van der Waals surface area contributed by atoms with E-state index in [1.54, 1.807) is 13.8 Å². The van der Waals surface area contributed by atoms with Crippen LogP contribution >= 0.6 is 0 Å². The van der Waals surface area contributed by atoms with Gasteiger partial charge >= 0.3 is 11.9 Å². The zero-order valence-electron chi connectivity index (χ0n) is 24.7. The van der Waals surface area contributed by atoms with Gasteiger partial charge in [-0.25, -0.2) is 4.79 Å². The number of aliphatic imine (C=N–C) groups is 1. The first-order valence-electron chi connectivity index (χ1n) is 14.1. The van der Waals surface area contributed by atoms with Gasteiger partial charge in [-0.05, 0) is 44.6 Å². The Hall–Kier alpha value is -3.51. The van der Waals surface area contributed by atoms with Crippen LogP contribution in [0.15, 0.2) is 4.99 Å². The Balaban J connectivity index is 4.06. The Morgan fingerprint density at radius 1 is 0.837 bits per heavy atom. The van der Waals surface area contributed by atoms with E-state index in [4.69, 9.17) is 40.1 Å². The SMILES string of the molecule is CC(C)C(N)C(=O)N1CCC(C(=O)C(N)CCCCN)(C(=O)C(N)CCCN=C(N)N)C1(C(=O)O)C(=O)C(N)CC(=O)O. The molecule has 0 spiro atoms. The Bertz CT molecular complexity index is 1100. The van der Waals surface area contributed by atoms with Gasteiger partial charge < -0.3 is 55.2 Å². The molecule has 6 atom stereocenters. The van der Waals surface area contributed by atoms with Crippen LogP contribution in [0.25, 0.3) is 0 Å². The Morgan fingerprint density at radius 2 is 1.37 bits per heavy atom. The number of aliphatic carboxylic acids is 2. The number of hydrogen-bond donors (Lipinski definition) is 9. The minimum Gasteiger partial charge on any atom is -0.481 e. The Labute approximate surface area is 249 Å². The highest BCUT2D eigenvalue weighted by atomic mass is 16.4. The molecule has 1 rings (SSSR count). The first kappa shape index (κ1) is 37.5. The van der Waals surface area contributed by atoms with Crippen LogP contribution < -0.4 is 40.1 Å². The lowest BCUT2D eigenvalue weighted by Gasteiger charge is -2.46. The zero-order chi connectivity index (χ0) is 33.3. The second kappa shape index (κ2) is 15.8. The number of carboxylic acid groups (broad SMARTS) is 2. The molecule has 0 aromatic heterocycles. The molecule has 0 radical (unpaired) electrons. The third-order valence-electron chi connectivity index (χ3n) is 7.85. The smallest absolute Gasteiger partial charge is 0.339 e. The Morgan fingerprint density at radius 3 is 1.81 bits per heavy atom. The third-order valence-corrected chi connectivity index (χ3v) is 7.85. The van der Waals surface area contributed by atoms with Crippen LogP contribution in [0.4, 0.5) is 0 Å². The maximum Gasteiger partial charge on any atom is 0.339 e. The van der Waals surface area contributed by atoms with Crippen LogP contribution in [0.1, 0.15) is 58.8 Å². The van der Waals surface area contributed by atoms with Crippen molar-refractivity contribution in [2.75, 3.05) is 19.6 Å². The van der Waals surface area contributed by atoms with Gasteiger partial charge in [0.25, 0.3) is 0 Å². The summed E-state index contributed by atoms with van der Waals surface area (Å²) in [5.74, 6) is -9.28. The molecular formula is C26H47N9O8. The molecule has 244 valence electrons. The first-order chi connectivity index (χ1) is 19.9. The molecule has 1 saturated heterocycles. The molecule has 1 heterocycles. The predicted molar refractivity (Wildman–Crippen MR) is 156 cm³/mol. The second-order valence-corrected chi connectivity index (χ2v) is 11.2. The normalized spacial score (nSPS) is 22.8. The summed E-state index contributed by atoms with van der Waals surface area (Å²) >= 11 is 0. The van der Waals surface area contributed by atoms with Gasteiger partial charge in [0.15, 0.2) is 23.3 Å². The zero-order valence-corrected chi connectivity index (χ0v) is 24.7. The molecule has 17 heteroatoms. The lowest BCUT2D eigenvalue weighted by molar-refractivity contribution is -0.176. The molecule has 1 fully saturated rings. The fraction of sp³-hybridized carbons (Fsp3) is 0.731. The van der Waals surface area contributed by atoms with Crippen molar-refractivity contribution in [3.8, 4) is 0 Å². The molecule has 6 unspecified atom stereocenters. The predicted octanol–water partition coefficient (Wildman–Crippen LogP) is -3.64. The van der Waals surface area contributed by atoms with E-state index >= 15 is 0 Å². The Kier molecular flexibility index (Phi) is 13.8. The average Bonchev–Trinajstić information content (AvgIpc) is 3.30. The van der Waals surface area contributed by atoms with Crippen molar-refractivity contribution < 1.29 is 39.0 Å². The van der Waals surface area contributed by atoms with Crippen LogP contribution in [0, 0.1) is 11.3 Å². The minimum absolute atomic E-state index is 0.0324. The number of hydrogen-bond acceptors (Lipinski definition) is 12. The van der Waals surface area contributed by atoms with E-state index in [1.165, 1.54) is 0 Å². The lowest BCUT2D eigenvalue weighted by Crippen LogP contribution is -2.76. The number of nitrogens with zero attached hydrogens (tertiary/aromatic N) is 2. The van der Waals surface area contributed by atoms with Crippen molar-refractivity contribution in [1.82, 2.24) is 4.90 Å². The molecule has 0 bridgehead atoms. The topological polar surface area (TPSA) is 341 Å². The maximum atomic E-state index is 14.4. The van der Waals surface area contributed by atoms with E-state index < -0.39 is 95.6 Å². The minimum atomic E-state index is -3.29. The van der Waals surface area contributed by atoms with E-state index in [9.17, 15) is 39.0 Å². The number of amides is 1. The van der Waals surface area contributed by atoms with E-state index in [1.807, 2.05) is 0 Å². The largest absolute Gasteiger partial charge is 0.481 e. The summed E-state index contributed by atoms with van der Waals surface area (Å²) in [6.45, 7) is 2.88. The summed E-state index contributed by atoms with van der Waals surface area (Å²) in [7, 11) is 0. The molecular weight excluding hydrogens is 566 g/mol. The van der Waals surface area contributed by atoms with Crippen molar-refractivity contribution in [3.63, 3.8) is 0 Å². The summed E-state index contributed by atoms with van der Waals surface area (Å²) in [6.07, 6.45) is -0.973. The van der Waals surface area contributed by atoms with E-state index in [0.29, 0.717) is 17.7 Å². The second-order valence-electron chi connectivity index (χ2n) is 11.2. The van der Waals surface area contributed by atoms with Gasteiger partial charge in [-0.1, -0.05) is 20.3 Å². The molecule has 0 aliphatic carbocycles. The van der Waals surface area contributed by atoms with Gasteiger partial charge in [0.05, 0.1) is 30.6 Å². The summed E-state index contributed by atoms with van der Waals surface area (Å²) in [5, 5.41) is 20.2. The number of likely N-dealkylation sites (tertiary alicyclic amines) is 1. The number of carboxylic acids is 2. The molecule has 1 aliphatic heterocycles. The standard InChI is InChI=1S/C26H47N9O8/c1-13(2)18(31)22(41)35-11-8-25(19(38)14(28)6-3-4-9-27,20(39)15(29)7-5-10-34-24(32)33)26(35,23(42)43)21(40)16(30)12-17(36)37/h13-16,18H,3-12,27-31H2,1-2H3,(H,36,37)(H,42,43)(H4,32,33,34). The van der Waals surface area contributed by atoms with Crippen molar-refractivity contribution in [1.29, 1.82) is 0 Å². The van der Waals surface area contributed by atoms with Gasteiger partial charge in [0.2, 0.25) is 11.4 Å². The fourth-order valence-electron chi connectivity index (χ4n) is 5.54. The van der Waals surface area contributed by atoms with Crippen molar-refractivity contribution in [2.45, 2.75) is 88.5 Å². The highest BCUT2D eigenvalue weighted by molar-refractivity contribution is 6.26. The van der Waals surface area contributed by atoms with Crippen molar-refractivity contribution in [2.24, 2.45) is 56.5 Å². The summed E-state index contributed by atoms with van der Waals surface area (Å²) in [4.78, 5) is 85.9. The molecule has 16 N–H and O–H groups in total. The van der Waals surface area contributed by atoms with Gasteiger partial charge in [-0.15, -0.1) is 0 Å². The number of guanidine groups is 1. The van der Waals surface area contributed by atoms with Gasteiger partial charge in [-0.3, -0.25) is 29.0 Å². The van der Waals surface area contributed by atoms with Crippen LogP contribution in [-0.4, -0.2) is 106 Å². The first-order valence-corrected chi connectivity index (χ1v) is 14.1. The number of nitrogens with two attached hydrogens (primary N) is 7. The highest BCUT2D eigenvalue weighted by Gasteiger charge is 2.77. The molecule has 17 nitrogen and oxygen atoms in total. The van der Waals surface area contributed by atoms with Crippen molar-refractivity contribution in [3.05, 3.63) is 0 Å². The number of carbonyl (C=O) groups is 6. The fourth-order valence-corrected chi connectivity index (χ4v) is 5.54. The van der Waals surface area contributed by atoms with Gasteiger partial charge in [0.1, 0.15) is 5.41 Å². The van der Waals surface area contributed by atoms with E-state index in [0.717, 1.165) is 0 Å². The maximum absolute atomic E-state index is 14.4. The molecule has 0 aromatic rings. The van der Waals surface area contributed by atoms with Gasteiger partial charge in [0, 0.05) is 13.1 Å². The summed E-state index contributed by atoms with van der Waals surface area (Å²) in [5.41, 5.74) is 34.6. The van der Waals surface area contributed by atoms with Crippen LogP contribution in [0.3, 0.4) is 0 Å². The number of carbonyl (C=O) groups excluding carboxylic acids is 4. The molecule has 1 aliphatic rings.